The summed E-state index contributed by atoms with van der Waals surface area (Å²) < 4.78 is 0. The minimum absolute atomic E-state index is 0.380. The predicted octanol–water partition coefficient (Wildman–Crippen LogP) is 0.812. The van der Waals surface area contributed by atoms with Gasteiger partial charge in [0, 0.05) is 19.1 Å². The third-order valence-electron chi connectivity index (χ3n) is 2.78. The van der Waals surface area contributed by atoms with E-state index in [0.717, 1.165) is 18.2 Å². The van der Waals surface area contributed by atoms with Crippen molar-refractivity contribution < 1.29 is 9.90 Å². The van der Waals surface area contributed by atoms with E-state index in [4.69, 9.17) is 5.11 Å². The van der Waals surface area contributed by atoms with E-state index in [1.807, 2.05) is 14.0 Å². The molecule has 2 N–H and O–H groups in total. The molecule has 0 radical (unpaired) electrons. The second kappa shape index (κ2) is 4.39. The van der Waals surface area contributed by atoms with Gasteiger partial charge in [-0.05, 0) is 13.5 Å². The Labute approximate surface area is 98.1 Å². The molecule has 1 aromatic heterocycles. The molecule has 2 heterocycles. The van der Waals surface area contributed by atoms with E-state index in [1.54, 1.807) is 0 Å². The molecule has 2 rings (SSSR count). The molecule has 0 spiro atoms. The van der Waals surface area contributed by atoms with Crippen molar-refractivity contribution in [2.75, 3.05) is 25.0 Å². The minimum atomic E-state index is -0.869. The largest absolute Gasteiger partial charge is 0.477 e. The third-order valence-corrected chi connectivity index (χ3v) is 3.92. The number of carboxylic acids is 1. The Hall–Kier alpha value is -1.14. The van der Waals surface area contributed by atoms with Gasteiger partial charge in [0.05, 0.1) is 5.69 Å². The molecular formula is C10H15N3O2S. The van der Waals surface area contributed by atoms with Crippen LogP contribution in [0, 0.1) is 0 Å². The number of likely N-dealkylation sites (N-methyl/N-ethyl adjacent to an activating group) is 1. The smallest absolute Gasteiger partial charge is 0.347 e. The number of carboxylic acid groups (broad SMARTS) is 1. The highest BCUT2D eigenvalue weighted by Gasteiger charge is 2.29. The highest BCUT2D eigenvalue weighted by Crippen LogP contribution is 2.29. The molecule has 1 aliphatic heterocycles. The summed E-state index contributed by atoms with van der Waals surface area (Å²) in [6, 6.07) is 0.502. The van der Waals surface area contributed by atoms with Crippen molar-refractivity contribution in [2.24, 2.45) is 0 Å². The van der Waals surface area contributed by atoms with Crippen LogP contribution < -0.4 is 10.2 Å². The van der Waals surface area contributed by atoms with Gasteiger partial charge in [-0.2, -0.15) is 0 Å². The monoisotopic (exact) mass is 241 g/mol. The quantitative estimate of drug-likeness (QED) is 0.816. The summed E-state index contributed by atoms with van der Waals surface area (Å²) in [5.41, 5.74) is 0.695. The first-order valence-corrected chi connectivity index (χ1v) is 6.12. The summed E-state index contributed by atoms with van der Waals surface area (Å²) in [6.07, 6.45) is 0.668. The molecule has 1 aromatic rings. The number of aromatic nitrogens is 1. The second-order valence-corrected chi connectivity index (χ2v) is 4.80. The zero-order valence-corrected chi connectivity index (χ0v) is 10.2. The molecule has 88 valence electrons. The van der Waals surface area contributed by atoms with E-state index < -0.39 is 5.97 Å². The van der Waals surface area contributed by atoms with Crippen LogP contribution in [0.4, 0.5) is 5.13 Å². The Bertz CT molecular complexity index is 399. The van der Waals surface area contributed by atoms with Gasteiger partial charge in [0.25, 0.3) is 0 Å². The van der Waals surface area contributed by atoms with Gasteiger partial charge in [-0.1, -0.05) is 18.3 Å². The number of thiazole rings is 1. The standard InChI is InChI=1S/C10H15N3O2S/c1-3-7-8(9(14)15)16-10(12-7)13-4-6(5-13)11-2/h6,11H,3-5H2,1-2H3,(H,14,15). The van der Waals surface area contributed by atoms with Crippen LogP contribution in [0.2, 0.25) is 0 Å². The molecule has 0 saturated carbocycles. The fraction of sp³-hybridized carbons (Fsp3) is 0.600. The van der Waals surface area contributed by atoms with Crippen molar-refractivity contribution >= 4 is 22.4 Å². The van der Waals surface area contributed by atoms with Crippen molar-refractivity contribution in [1.82, 2.24) is 10.3 Å². The van der Waals surface area contributed by atoms with Crippen LogP contribution in [0.25, 0.3) is 0 Å². The van der Waals surface area contributed by atoms with Crippen LogP contribution in [-0.4, -0.2) is 42.2 Å². The van der Waals surface area contributed by atoms with E-state index in [-0.39, 0.29) is 0 Å². The van der Waals surface area contributed by atoms with Gasteiger partial charge in [0.1, 0.15) is 4.88 Å². The molecule has 1 fully saturated rings. The summed E-state index contributed by atoms with van der Waals surface area (Å²) in [6.45, 7) is 3.75. The van der Waals surface area contributed by atoms with Crippen molar-refractivity contribution in [1.29, 1.82) is 0 Å². The number of nitrogens with zero attached hydrogens (tertiary/aromatic N) is 2. The SMILES string of the molecule is CCc1nc(N2CC(NC)C2)sc1C(=O)O. The lowest BCUT2D eigenvalue weighted by Crippen LogP contribution is -2.57. The number of rotatable bonds is 4. The molecule has 5 nitrogen and oxygen atoms in total. The Morgan fingerprint density at radius 1 is 1.69 bits per heavy atom. The van der Waals surface area contributed by atoms with Gasteiger partial charge in [0.15, 0.2) is 5.13 Å². The fourth-order valence-corrected chi connectivity index (χ4v) is 2.71. The lowest BCUT2D eigenvalue weighted by molar-refractivity contribution is 0.0701. The van der Waals surface area contributed by atoms with Crippen LogP contribution in [0.5, 0.6) is 0 Å². The average molecular weight is 241 g/mol. The number of carbonyl (C=O) groups is 1. The summed E-state index contributed by atoms with van der Waals surface area (Å²) >= 11 is 1.28. The molecule has 0 aliphatic carbocycles. The van der Waals surface area contributed by atoms with Crippen molar-refractivity contribution in [3.8, 4) is 0 Å². The Morgan fingerprint density at radius 3 is 2.81 bits per heavy atom. The van der Waals surface area contributed by atoms with Crippen LogP contribution in [0.1, 0.15) is 22.3 Å². The molecule has 0 atom stereocenters. The highest BCUT2D eigenvalue weighted by molar-refractivity contribution is 7.17. The molecule has 0 bridgehead atoms. The first-order valence-electron chi connectivity index (χ1n) is 5.31. The summed E-state index contributed by atoms with van der Waals surface area (Å²) in [4.78, 5) is 17.8. The van der Waals surface area contributed by atoms with Gasteiger partial charge in [-0.15, -0.1) is 0 Å². The molecule has 6 heteroatoms. The normalized spacial score (nSPS) is 16.2. The first-order chi connectivity index (χ1) is 7.65. The van der Waals surface area contributed by atoms with E-state index in [0.29, 0.717) is 23.0 Å². The van der Waals surface area contributed by atoms with Crippen molar-refractivity contribution in [3.05, 3.63) is 10.6 Å². The topological polar surface area (TPSA) is 65.5 Å². The van der Waals surface area contributed by atoms with E-state index >= 15 is 0 Å². The van der Waals surface area contributed by atoms with E-state index in [9.17, 15) is 4.79 Å². The third kappa shape index (κ3) is 1.90. The second-order valence-electron chi connectivity index (χ2n) is 3.82. The average Bonchev–Trinajstić information content (AvgIpc) is 2.60. The Morgan fingerprint density at radius 2 is 2.38 bits per heavy atom. The van der Waals surface area contributed by atoms with Gasteiger partial charge in [-0.3, -0.25) is 0 Å². The van der Waals surface area contributed by atoms with E-state index in [1.165, 1.54) is 11.3 Å². The van der Waals surface area contributed by atoms with Crippen LogP contribution in [0.15, 0.2) is 0 Å². The summed E-state index contributed by atoms with van der Waals surface area (Å²) in [7, 11) is 1.93. The maximum absolute atomic E-state index is 11.0. The maximum Gasteiger partial charge on any atom is 0.347 e. The van der Waals surface area contributed by atoms with Crippen LogP contribution in [-0.2, 0) is 6.42 Å². The summed E-state index contributed by atoms with van der Waals surface area (Å²) in [5, 5.41) is 13.0. The lowest BCUT2D eigenvalue weighted by Gasteiger charge is -2.38. The molecule has 0 aromatic carbocycles. The van der Waals surface area contributed by atoms with Gasteiger partial charge < -0.3 is 15.3 Å². The van der Waals surface area contributed by atoms with E-state index in [2.05, 4.69) is 15.2 Å². The highest BCUT2D eigenvalue weighted by atomic mass is 32.1. The van der Waals surface area contributed by atoms with Crippen molar-refractivity contribution in [3.63, 3.8) is 0 Å². The molecular weight excluding hydrogens is 226 g/mol. The minimum Gasteiger partial charge on any atom is -0.477 e. The molecule has 1 aliphatic rings. The van der Waals surface area contributed by atoms with Gasteiger partial charge >= 0.3 is 5.97 Å². The predicted molar refractivity (Wildman–Crippen MR) is 63.5 cm³/mol. The number of aryl methyl sites for hydroxylation is 1. The number of aromatic carboxylic acids is 1. The van der Waals surface area contributed by atoms with Crippen molar-refractivity contribution in [2.45, 2.75) is 19.4 Å². The first kappa shape index (κ1) is 11.3. The number of nitrogens with one attached hydrogen (secondary N) is 1. The number of anilines is 1. The molecule has 16 heavy (non-hydrogen) atoms. The van der Waals surface area contributed by atoms with Crippen LogP contribution >= 0.6 is 11.3 Å². The molecule has 0 unspecified atom stereocenters. The Kier molecular flexibility index (Phi) is 3.11. The van der Waals surface area contributed by atoms with Gasteiger partial charge in [-0.25, -0.2) is 9.78 Å². The molecule has 1 saturated heterocycles. The lowest BCUT2D eigenvalue weighted by atomic mass is 10.1. The zero-order valence-electron chi connectivity index (χ0n) is 9.36. The Balaban J connectivity index is 2.14. The zero-order chi connectivity index (χ0) is 11.7. The van der Waals surface area contributed by atoms with Crippen LogP contribution in [0.3, 0.4) is 0 Å². The fourth-order valence-electron chi connectivity index (χ4n) is 1.70. The maximum atomic E-state index is 11.0. The summed E-state index contributed by atoms with van der Waals surface area (Å²) in [5.74, 6) is -0.869. The number of hydrogen-bond donors (Lipinski definition) is 2. The number of hydrogen-bond acceptors (Lipinski definition) is 5. The van der Waals surface area contributed by atoms with Gasteiger partial charge in [0.2, 0.25) is 0 Å². The molecule has 0 amide bonds.